The summed E-state index contributed by atoms with van der Waals surface area (Å²) >= 11 is 0. The molecule has 0 spiro atoms. The van der Waals surface area contributed by atoms with Gasteiger partial charge in [-0.15, -0.1) is 0 Å². The van der Waals surface area contributed by atoms with Gasteiger partial charge in [0.1, 0.15) is 12.1 Å². The SMILES string of the molecule is O=C1N[C@@H](Cc2ccccc2)C(=O)N2CCN(C(=O)c3cccnc3)C[C@@H]12. The van der Waals surface area contributed by atoms with Crippen LogP contribution in [0.15, 0.2) is 54.9 Å². The Morgan fingerprint density at radius 2 is 1.93 bits per heavy atom. The molecule has 3 heterocycles. The van der Waals surface area contributed by atoms with Crippen LogP contribution in [0.2, 0.25) is 0 Å². The number of piperazine rings is 2. The number of nitrogens with one attached hydrogen (secondary N) is 1. The Hall–Kier alpha value is -3.22. The lowest BCUT2D eigenvalue weighted by Crippen LogP contribution is -2.70. The maximum atomic E-state index is 12.9. The van der Waals surface area contributed by atoms with Gasteiger partial charge in [-0.1, -0.05) is 30.3 Å². The summed E-state index contributed by atoms with van der Waals surface area (Å²) in [6.07, 6.45) is 3.58. The van der Waals surface area contributed by atoms with Crippen LogP contribution in [0.4, 0.5) is 0 Å². The van der Waals surface area contributed by atoms with Crippen molar-refractivity contribution in [3.8, 4) is 0 Å². The minimum absolute atomic E-state index is 0.0862. The molecule has 7 nitrogen and oxygen atoms in total. The zero-order chi connectivity index (χ0) is 18.8. The second kappa shape index (κ2) is 7.19. The minimum Gasteiger partial charge on any atom is -0.342 e. The van der Waals surface area contributed by atoms with Crippen molar-refractivity contribution in [3.63, 3.8) is 0 Å². The van der Waals surface area contributed by atoms with Crippen molar-refractivity contribution in [2.75, 3.05) is 19.6 Å². The Morgan fingerprint density at radius 3 is 2.67 bits per heavy atom. The summed E-state index contributed by atoms with van der Waals surface area (Å²) in [5.41, 5.74) is 1.48. The van der Waals surface area contributed by atoms with E-state index < -0.39 is 12.1 Å². The van der Waals surface area contributed by atoms with Crippen LogP contribution in [0.1, 0.15) is 15.9 Å². The number of benzene rings is 1. The number of fused-ring (bicyclic) bond motifs is 1. The molecule has 0 radical (unpaired) electrons. The Balaban J connectivity index is 1.46. The third-order valence-electron chi connectivity index (χ3n) is 5.06. The zero-order valence-electron chi connectivity index (χ0n) is 14.7. The monoisotopic (exact) mass is 364 g/mol. The summed E-state index contributed by atoms with van der Waals surface area (Å²) in [6, 6.07) is 11.8. The fraction of sp³-hybridized carbons (Fsp3) is 0.300. The first kappa shape index (κ1) is 17.2. The van der Waals surface area contributed by atoms with Crippen LogP contribution in [0, 0.1) is 0 Å². The van der Waals surface area contributed by atoms with E-state index in [0.717, 1.165) is 5.56 Å². The van der Waals surface area contributed by atoms with Crippen molar-refractivity contribution in [1.82, 2.24) is 20.1 Å². The number of nitrogens with zero attached hydrogens (tertiary/aromatic N) is 3. The Bertz CT molecular complexity index is 856. The number of rotatable bonds is 3. The molecule has 1 aromatic carbocycles. The number of carbonyl (C=O) groups is 3. The van der Waals surface area contributed by atoms with Gasteiger partial charge in [-0.25, -0.2) is 0 Å². The summed E-state index contributed by atoms with van der Waals surface area (Å²) in [4.78, 5) is 45.3. The summed E-state index contributed by atoms with van der Waals surface area (Å²) in [6.45, 7) is 0.957. The fourth-order valence-electron chi connectivity index (χ4n) is 3.65. The smallest absolute Gasteiger partial charge is 0.255 e. The van der Waals surface area contributed by atoms with Crippen LogP contribution in [0.25, 0.3) is 0 Å². The predicted molar refractivity (Wildman–Crippen MR) is 97.7 cm³/mol. The second-order valence-electron chi connectivity index (χ2n) is 6.79. The van der Waals surface area contributed by atoms with Crippen LogP contribution < -0.4 is 5.32 Å². The summed E-state index contributed by atoms with van der Waals surface area (Å²) < 4.78 is 0. The molecular formula is C20H20N4O3. The van der Waals surface area contributed by atoms with E-state index in [1.807, 2.05) is 30.3 Å². The van der Waals surface area contributed by atoms with Crippen molar-refractivity contribution in [2.24, 2.45) is 0 Å². The molecule has 0 bridgehead atoms. The number of carbonyl (C=O) groups excluding carboxylic acids is 3. The topological polar surface area (TPSA) is 82.6 Å². The van der Waals surface area contributed by atoms with E-state index in [-0.39, 0.29) is 24.3 Å². The maximum absolute atomic E-state index is 12.9. The van der Waals surface area contributed by atoms with Crippen molar-refractivity contribution < 1.29 is 14.4 Å². The molecular weight excluding hydrogens is 344 g/mol. The normalized spacial score (nSPS) is 22.2. The van der Waals surface area contributed by atoms with Gasteiger partial charge in [0, 0.05) is 31.9 Å². The first-order chi connectivity index (χ1) is 13.1. The first-order valence-corrected chi connectivity index (χ1v) is 8.97. The molecule has 7 heteroatoms. The quantitative estimate of drug-likeness (QED) is 0.859. The van der Waals surface area contributed by atoms with Crippen molar-refractivity contribution >= 4 is 17.7 Å². The van der Waals surface area contributed by atoms with Crippen LogP contribution in [0.5, 0.6) is 0 Å². The Morgan fingerprint density at radius 1 is 1.11 bits per heavy atom. The molecule has 0 unspecified atom stereocenters. The van der Waals surface area contributed by atoms with Gasteiger partial charge in [0.2, 0.25) is 11.8 Å². The molecule has 138 valence electrons. The van der Waals surface area contributed by atoms with E-state index in [0.29, 0.717) is 25.1 Å². The summed E-state index contributed by atoms with van der Waals surface area (Å²) in [5.74, 6) is -0.467. The molecule has 3 amide bonds. The molecule has 2 aliphatic rings. The van der Waals surface area contributed by atoms with E-state index in [2.05, 4.69) is 10.3 Å². The zero-order valence-corrected chi connectivity index (χ0v) is 14.7. The number of pyridine rings is 1. The van der Waals surface area contributed by atoms with Gasteiger partial charge in [0.15, 0.2) is 0 Å². The van der Waals surface area contributed by atoms with Crippen LogP contribution in [-0.4, -0.2) is 64.2 Å². The number of aromatic nitrogens is 1. The van der Waals surface area contributed by atoms with Crippen LogP contribution >= 0.6 is 0 Å². The van der Waals surface area contributed by atoms with E-state index in [1.165, 1.54) is 6.20 Å². The molecule has 2 atom stereocenters. The van der Waals surface area contributed by atoms with E-state index in [9.17, 15) is 14.4 Å². The lowest BCUT2D eigenvalue weighted by Gasteiger charge is -2.45. The first-order valence-electron chi connectivity index (χ1n) is 8.97. The highest BCUT2D eigenvalue weighted by Gasteiger charge is 2.44. The molecule has 27 heavy (non-hydrogen) atoms. The number of hydrogen-bond acceptors (Lipinski definition) is 4. The van der Waals surface area contributed by atoms with Gasteiger partial charge in [-0.2, -0.15) is 0 Å². The third-order valence-corrected chi connectivity index (χ3v) is 5.06. The minimum atomic E-state index is -0.640. The highest BCUT2D eigenvalue weighted by molar-refractivity contribution is 5.99. The number of hydrogen-bond donors (Lipinski definition) is 1. The van der Waals surface area contributed by atoms with Crippen molar-refractivity contribution in [1.29, 1.82) is 0 Å². The van der Waals surface area contributed by atoms with Gasteiger partial charge in [0.25, 0.3) is 5.91 Å². The molecule has 0 aliphatic carbocycles. The van der Waals surface area contributed by atoms with Gasteiger partial charge >= 0.3 is 0 Å². The molecule has 4 rings (SSSR count). The average molecular weight is 364 g/mol. The van der Waals surface area contributed by atoms with E-state index in [4.69, 9.17) is 0 Å². The van der Waals surface area contributed by atoms with E-state index in [1.54, 1.807) is 28.1 Å². The van der Waals surface area contributed by atoms with Crippen molar-refractivity contribution in [2.45, 2.75) is 18.5 Å². The largest absolute Gasteiger partial charge is 0.342 e. The molecule has 0 saturated carbocycles. The lowest BCUT2D eigenvalue weighted by molar-refractivity contribution is -0.152. The molecule has 2 fully saturated rings. The van der Waals surface area contributed by atoms with Gasteiger partial charge in [-0.3, -0.25) is 19.4 Å². The van der Waals surface area contributed by atoms with Gasteiger partial charge in [-0.05, 0) is 17.7 Å². The second-order valence-corrected chi connectivity index (χ2v) is 6.79. The Labute approximate surface area is 157 Å². The number of amides is 3. The molecule has 2 aromatic rings. The highest BCUT2D eigenvalue weighted by Crippen LogP contribution is 2.19. The summed E-state index contributed by atoms with van der Waals surface area (Å²) in [5, 5.41) is 2.83. The van der Waals surface area contributed by atoms with Gasteiger partial charge < -0.3 is 15.1 Å². The highest BCUT2D eigenvalue weighted by atomic mass is 16.2. The van der Waals surface area contributed by atoms with Crippen LogP contribution in [-0.2, 0) is 16.0 Å². The molecule has 1 aromatic heterocycles. The molecule has 2 aliphatic heterocycles. The summed E-state index contributed by atoms with van der Waals surface area (Å²) in [7, 11) is 0. The van der Waals surface area contributed by atoms with Gasteiger partial charge in [0.05, 0.1) is 12.1 Å². The predicted octanol–water partition coefficient (Wildman–Crippen LogP) is 0.476. The lowest BCUT2D eigenvalue weighted by atomic mass is 9.98. The van der Waals surface area contributed by atoms with Crippen LogP contribution in [0.3, 0.4) is 0 Å². The maximum Gasteiger partial charge on any atom is 0.255 e. The molecule has 1 N–H and O–H groups in total. The van der Waals surface area contributed by atoms with E-state index >= 15 is 0 Å². The fourth-order valence-corrected chi connectivity index (χ4v) is 3.65. The standard InChI is InChI=1S/C20H20N4O3/c25-18-17-13-23(19(26)15-7-4-8-21-12-15)9-10-24(17)20(27)16(22-18)11-14-5-2-1-3-6-14/h1-8,12,16-17H,9-11,13H2,(H,22,25)/t16-,17-/m0/s1. The Kier molecular flexibility index (Phi) is 4.58. The molecule has 2 saturated heterocycles. The average Bonchev–Trinajstić information content (AvgIpc) is 2.72. The third kappa shape index (κ3) is 3.40. The van der Waals surface area contributed by atoms with Crippen molar-refractivity contribution in [3.05, 3.63) is 66.0 Å².